The number of carbonyl (C=O) groups excluding carboxylic acids is 1. The fraction of sp³-hybridized carbons (Fsp3) is 0.318. The van der Waals surface area contributed by atoms with Crippen LogP contribution in [0.5, 0.6) is 11.5 Å². The Hall–Kier alpha value is -3.02. The molecule has 1 atom stereocenters. The van der Waals surface area contributed by atoms with Crippen LogP contribution in [0.25, 0.3) is 0 Å². The van der Waals surface area contributed by atoms with E-state index in [1.165, 1.54) is 35.9 Å². The van der Waals surface area contributed by atoms with Gasteiger partial charge in [-0.05, 0) is 37.1 Å². The van der Waals surface area contributed by atoms with Crippen LogP contribution in [0.4, 0.5) is 5.69 Å². The van der Waals surface area contributed by atoms with Crippen LogP contribution >= 0.6 is 11.3 Å². The monoisotopic (exact) mass is 488 g/mol. The molecule has 0 saturated carbocycles. The Morgan fingerprint density at radius 1 is 1.12 bits per heavy atom. The van der Waals surface area contributed by atoms with Gasteiger partial charge in [0.2, 0.25) is 15.0 Å². The van der Waals surface area contributed by atoms with E-state index in [0.717, 1.165) is 6.42 Å². The number of piperidine rings is 1. The molecule has 174 valence electrons. The van der Waals surface area contributed by atoms with Gasteiger partial charge in [-0.2, -0.15) is 4.31 Å². The molecule has 1 fully saturated rings. The Kier molecular flexibility index (Phi) is 6.91. The summed E-state index contributed by atoms with van der Waals surface area (Å²) in [6.07, 6.45) is 1.43. The molecule has 9 nitrogen and oxygen atoms in total. The highest BCUT2D eigenvalue weighted by Gasteiger charge is 2.34. The van der Waals surface area contributed by atoms with E-state index in [2.05, 4.69) is 15.5 Å². The summed E-state index contributed by atoms with van der Waals surface area (Å²) < 4.78 is 38.8. The Labute approximate surface area is 196 Å². The zero-order valence-corrected chi connectivity index (χ0v) is 19.9. The van der Waals surface area contributed by atoms with Gasteiger partial charge in [0, 0.05) is 30.8 Å². The predicted molar refractivity (Wildman–Crippen MR) is 125 cm³/mol. The molecule has 0 unspecified atom stereocenters. The number of hydrogen-bond donors (Lipinski definition) is 1. The van der Waals surface area contributed by atoms with Crippen LogP contribution in [0.1, 0.15) is 33.6 Å². The van der Waals surface area contributed by atoms with Crippen molar-refractivity contribution < 1.29 is 22.7 Å². The number of hydrogen-bond acceptors (Lipinski definition) is 8. The number of amides is 1. The quantitative estimate of drug-likeness (QED) is 0.543. The Balaban J connectivity index is 1.52. The van der Waals surface area contributed by atoms with Crippen molar-refractivity contribution in [3.8, 4) is 11.5 Å². The van der Waals surface area contributed by atoms with Crippen molar-refractivity contribution in [2.45, 2.75) is 23.7 Å². The predicted octanol–water partition coefficient (Wildman–Crippen LogP) is 3.38. The van der Waals surface area contributed by atoms with Crippen molar-refractivity contribution in [1.82, 2.24) is 14.5 Å². The molecule has 0 bridgehead atoms. The highest BCUT2D eigenvalue weighted by atomic mass is 32.2. The maximum absolute atomic E-state index is 13.4. The summed E-state index contributed by atoms with van der Waals surface area (Å²) in [4.78, 5) is 12.6. The number of methoxy groups -OCH3 is 2. The van der Waals surface area contributed by atoms with Gasteiger partial charge in [0.1, 0.15) is 21.4 Å². The van der Waals surface area contributed by atoms with Crippen LogP contribution < -0.4 is 14.8 Å². The van der Waals surface area contributed by atoms with E-state index in [4.69, 9.17) is 9.47 Å². The molecule has 33 heavy (non-hydrogen) atoms. The molecule has 0 spiro atoms. The van der Waals surface area contributed by atoms with Crippen LogP contribution in [0, 0.1) is 0 Å². The molecule has 2 aromatic carbocycles. The summed E-state index contributed by atoms with van der Waals surface area (Å²) in [6, 6.07) is 13.8. The molecule has 2 heterocycles. The summed E-state index contributed by atoms with van der Waals surface area (Å²) in [5.41, 5.74) is 0.668. The lowest BCUT2D eigenvalue weighted by molar-refractivity contribution is 0.102. The third-order valence-electron chi connectivity index (χ3n) is 5.39. The summed E-state index contributed by atoms with van der Waals surface area (Å²) in [7, 11) is -0.907. The third-order valence-corrected chi connectivity index (χ3v) is 8.36. The van der Waals surface area contributed by atoms with Gasteiger partial charge in [0.05, 0.1) is 14.2 Å². The lowest BCUT2D eigenvalue weighted by Crippen LogP contribution is -2.39. The Morgan fingerprint density at radius 2 is 1.91 bits per heavy atom. The molecule has 1 aliphatic rings. The first kappa shape index (κ1) is 23.1. The van der Waals surface area contributed by atoms with E-state index >= 15 is 0 Å². The van der Waals surface area contributed by atoms with E-state index < -0.39 is 10.0 Å². The van der Waals surface area contributed by atoms with Crippen molar-refractivity contribution in [3.63, 3.8) is 0 Å². The average molecular weight is 489 g/mol. The minimum absolute atomic E-state index is 0.0604. The SMILES string of the molecule is COc1ccc(OC)c(S(=O)(=O)N2CCC[C@@H](c3nnc(C(=O)Nc4ccccc4)s3)C2)c1. The first-order chi connectivity index (χ1) is 15.9. The van der Waals surface area contributed by atoms with Gasteiger partial charge in [-0.25, -0.2) is 8.42 Å². The highest BCUT2D eigenvalue weighted by Crippen LogP contribution is 2.35. The van der Waals surface area contributed by atoms with Crippen LogP contribution in [-0.2, 0) is 10.0 Å². The van der Waals surface area contributed by atoms with E-state index in [9.17, 15) is 13.2 Å². The molecular weight excluding hydrogens is 464 g/mol. The Morgan fingerprint density at radius 3 is 2.64 bits per heavy atom. The number of sulfonamides is 1. The fourth-order valence-corrected chi connectivity index (χ4v) is 6.24. The van der Waals surface area contributed by atoms with Gasteiger partial charge in [0.15, 0.2) is 0 Å². The van der Waals surface area contributed by atoms with Crippen molar-refractivity contribution in [3.05, 3.63) is 58.5 Å². The second-order valence-electron chi connectivity index (χ2n) is 7.48. The second-order valence-corrected chi connectivity index (χ2v) is 10.4. The number of carbonyl (C=O) groups is 1. The van der Waals surface area contributed by atoms with Crippen molar-refractivity contribution in [2.24, 2.45) is 0 Å². The topological polar surface area (TPSA) is 111 Å². The number of nitrogens with zero attached hydrogens (tertiary/aromatic N) is 3. The second kappa shape index (κ2) is 9.86. The van der Waals surface area contributed by atoms with Crippen LogP contribution in [-0.4, -0.2) is 56.1 Å². The Bertz CT molecular complexity index is 1230. The normalized spacial score (nSPS) is 16.8. The summed E-state index contributed by atoms with van der Waals surface area (Å²) in [5, 5.41) is 11.9. The van der Waals surface area contributed by atoms with E-state index in [1.807, 2.05) is 18.2 Å². The summed E-state index contributed by atoms with van der Waals surface area (Å²) >= 11 is 1.19. The smallest absolute Gasteiger partial charge is 0.286 e. The first-order valence-electron chi connectivity index (χ1n) is 10.3. The summed E-state index contributed by atoms with van der Waals surface area (Å²) in [5.74, 6) is 0.196. The molecular formula is C22H24N4O5S2. The molecule has 1 saturated heterocycles. The van der Waals surface area contributed by atoms with Crippen molar-refractivity contribution in [1.29, 1.82) is 0 Å². The third kappa shape index (κ3) is 5.00. The number of anilines is 1. The number of aromatic nitrogens is 2. The lowest BCUT2D eigenvalue weighted by Gasteiger charge is -2.31. The van der Waals surface area contributed by atoms with E-state index in [-0.39, 0.29) is 34.0 Å². The van der Waals surface area contributed by atoms with Gasteiger partial charge in [-0.1, -0.05) is 29.5 Å². The molecule has 1 N–H and O–H groups in total. The molecule has 4 rings (SSSR count). The van der Waals surface area contributed by atoms with Gasteiger partial charge >= 0.3 is 0 Å². The van der Waals surface area contributed by atoms with Crippen molar-refractivity contribution >= 4 is 33.0 Å². The number of ether oxygens (including phenoxy) is 2. The number of rotatable bonds is 7. The fourth-order valence-electron chi connectivity index (χ4n) is 3.68. The van der Waals surface area contributed by atoms with Gasteiger partial charge in [-0.15, -0.1) is 10.2 Å². The maximum Gasteiger partial charge on any atom is 0.286 e. The molecule has 3 aromatic rings. The molecule has 0 aliphatic carbocycles. The summed E-state index contributed by atoms with van der Waals surface area (Å²) in [6.45, 7) is 0.636. The highest BCUT2D eigenvalue weighted by molar-refractivity contribution is 7.89. The molecule has 0 radical (unpaired) electrons. The largest absolute Gasteiger partial charge is 0.497 e. The minimum atomic E-state index is -3.82. The molecule has 11 heteroatoms. The molecule has 1 amide bonds. The molecule has 1 aliphatic heterocycles. The van der Waals surface area contributed by atoms with Gasteiger partial charge in [-0.3, -0.25) is 4.79 Å². The standard InChI is InChI=1S/C22H24N4O5S2/c1-30-17-10-11-18(31-2)19(13-17)33(28,29)26-12-6-7-15(14-26)21-24-25-22(32-21)20(27)23-16-8-4-3-5-9-16/h3-5,8-11,13,15H,6-7,12,14H2,1-2H3,(H,23,27)/t15-/m1/s1. The number of para-hydroxylation sites is 1. The van der Waals surface area contributed by atoms with E-state index in [1.54, 1.807) is 24.3 Å². The minimum Gasteiger partial charge on any atom is -0.497 e. The van der Waals surface area contributed by atoms with Crippen LogP contribution in [0.15, 0.2) is 53.4 Å². The maximum atomic E-state index is 13.4. The molecule has 1 aromatic heterocycles. The number of benzene rings is 2. The van der Waals surface area contributed by atoms with Crippen LogP contribution in [0.3, 0.4) is 0 Å². The van der Waals surface area contributed by atoms with Gasteiger partial charge < -0.3 is 14.8 Å². The zero-order chi connectivity index (χ0) is 23.4. The zero-order valence-electron chi connectivity index (χ0n) is 18.2. The van der Waals surface area contributed by atoms with Crippen molar-refractivity contribution in [2.75, 3.05) is 32.6 Å². The first-order valence-corrected chi connectivity index (χ1v) is 12.6. The van der Waals surface area contributed by atoms with Crippen LogP contribution in [0.2, 0.25) is 0 Å². The number of nitrogens with one attached hydrogen (secondary N) is 1. The average Bonchev–Trinajstić information content (AvgIpc) is 3.35. The van der Waals surface area contributed by atoms with Gasteiger partial charge in [0.25, 0.3) is 5.91 Å². The lowest BCUT2D eigenvalue weighted by atomic mass is 10.0. The van der Waals surface area contributed by atoms with E-state index in [0.29, 0.717) is 29.4 Å².